The van der Waals surface area contributed by atoms with Gasteiger partial charge in [-0.3, -0.25) is 0 Å². The number of aliphatic hydroxyl groups excluding tert-OH is 1. The number of hydrogen-bond donors (Lipinski definition) is 2. The topological polar surface area (TPSA) is 61.8 Å². The summed E-state index contributed by atoms with van der Waals surface area (Å²) in [4.78, 5) is 13.4. The monoisotopic (exact) mass is 230 g/mol. The first-order valence-electron chi connectivity index (χ1n) is 5.60. The van der Waals surface area contributed by atoms with Crippen LogP contribution in [0.1, 0.15) is 27.2 Å². The molecule has 0 saturated carbocycles. The van der Waals surface area contributed by atoms with Crippen molar-refractivity contribution in [3.05, 3.63) is 0 Å². The summed E-state index contributed by atoms with van der Waals surface area (Å²) in [6.45, 7) is 6.68. The van der Waals surface area contributed by atoms with E-state index in [1.165, 1.54) is 0 Å². The van der Waals surface area contributed by atoms with Gasteiger partial charge in [-0.15, -0.1) is 0 Å². The van der Waals surface area contributed by atoms with Gasteiger partial charge in [0.1, 0.15) is 5.60 Å². The maximum atomic E-state index is 11.8. The van der Waals surface area contributed by atoms with Crippen LogP contribution in [-0.2, 0) is 4.74 Å². The second-order valence-corrected chi connectivity index (χ2v) is 5.34. The lowest BCUT2D eigenvalue weighted by atomic mass is 10.0. The van der Waals surface area contributed by atoms with E-state index in [1.807, 2.05) is 20.8 Å². The molecule has 0 radical (unpaired) electrons. The van der Waals surface area contributed by atoms with Gasteiger partial charge in [0.25, 0.3) is 0 Å². The van der Waals surface area contributed by atoms with Gasteiger partial charge in [0.2, 0.25) is 0 Å². The Morgan fingerprint density at radius 1 is 1.56 bits per heavy atom. The van der Waals surface area contributed by atoms with Crippen molar-refractivity contribution in [1.82, 2.24) is 10.2 Å². The molecule has 0 bridgehead atoms. The average Bonchev–Trinajstić information content (AvgIpc) is 2.60. The lowest BCUT2D eigenvalue weighted by Gasteiger charge is -2.28. The van der Waals surface area contributed by atoms with E-state index >= 15 is 0 Å². The fourth-order valence-corrected chi connectivity index (χ4v) is 1.77. The van der Waals surface area contributed by atoms with E-state index < -0.39 is 5.60 Å². The number of ether oxygens (including phenoxy) is 1. The van der Waals surface area contributed by atoms with Crippen LogP contribution in [0.15, 0.2) is 0 Å². The minimum atomic E-state index is -0.471. The molecule has 0 aromatic heterocycles. The first-order chi connectivity index (χ1) is 7.32. The molecule has 1 rings (SSSR count). The Morgan fingerprint density at radius 2 is 2.19 bits per heavy atom. The average molecular weight is 230 g/mol. The largest absolute Gasteiger partial charge is 0.444 e. The molecule has 16 heavy (non-hydrogen) atoms. The van der Waals surface area contributed by atoms with E-state index in [4.69, 9.17) is 4.74 Å². The zero-order chi connectivity index (χ0) is 12.4. The number of likely N-dealkylation sites (tertiary alicyclic amines) is 1. The number of carbonyl (C=O) groups excluding carboxylic acids is 1. The second kappa shape index (κ2) is 4.59. The number of nitrogens with zero attached hydrogens (tertiary/aromatic N) is 1. The van der Waals surface area contributed by atoms with Crippen LogP contribution in [0.4, 0.5) is 4.79 Å². The molecule has 94 valence electrons. The molecule has 2 N–H and O–H groups in total. The molecule has 1 aliphatic heterocycles. The standard InChI is InChI=1S/C11H22N2O3/c1-10(2,3)16-9(15)13-6-5-11(7-13,8-14)12-4/h12,14H,5-8H2,1-4H3. The molecule has 0 spiro atoms. The Balaban J connectivity index is 2.56. The fraction of sp³-hybridized carbons (Fsp3) is 0.909. The van der Waals surface area contributed by atoms with Crippen molar-refractivity contribution in [2.24, 2.45) is 0 Å². The maximum absolute atomic E-state index is 11.8. The van der Waals surface area contributed by atoms with E-state index in [2.05, 4.69) is 5.32 Å². The number of carbonyl (C=O) groups is 1. The fourth-order valence-electron chi connectivity index (χ4n) is 1.77. The molecule has 1 aliphatic rings. The van der Waals surface area contributed by atoms with Gasteiger partial charge in [0.15, 0.2) is 0 Å². The Hall–Kier alpha value is -0.810. The summed E-state index contributed by atoms with van der Waals surface area (Å²) in [7, 11) is 1.80. The molecule has 1 amide bonds. The molecule has 1 saturated heterocycles. The highest BCUT2D eigenvalue weighted by Crippen LogP contribution is 2.22. The highest BCUT2D eigenvalue weighted by Gasteiger charge is 2.39. The minimum absolute atomic E-state index is 0.0306. The molecule has 0 aromatic carbocycles. The van der Waals surface area contributed by atoms with Gasteiger partial charge in [-0.25, -0.2) is 4.79 Å². The number of rotatable bonds is 2. The lowest BCUT2D eigenvalue weighted by Crippen LogP contribution is -2.49. The van der Waals surface area contributed by atoms with Crippen LogP contribution in [0.3, 0.4) is 0 Å². The smallest absolute Gasteiger partial charge is 0.410 e. The van der Waals surface area contributed by atoms with Crippen molar-refractivity contribution in [3.63, 3.8) is 0 Å². The second-order valence-electron chi connectivity index (χ2n) is 5.34. The number of nitrogens with one attached hydrogen (secondary N) is 1. The molecular weight excluding hydrogens is 208 g/mol. The number of likely N-dealkylation sites (N-methyl/N-ethyl adjacent to an activating group) is 1. The van der Waals surface area contributed by atoms with Crippen molar-refractivity contribution in [2.45, 2.75) is 38.3 Å². The van der Waals surface area contributed by atoms with Crippen molar-refractivity contribution < 1.29 is 14.6 Å². The molecule has 0 aromatic rings. The summed E-state index contributed by atoms with van der Waals surface area (Å²) in [6, 6.07) is 0. The van der Waals surface area contributed by atoms with Gasteiger partial charge in [0.05, 0.1) is 12.1 Å². The Morgan fingerprint density at radius 3 is 2.56 bits per heavy atom. The number of aliphatic hydroxyl groups is 1. The van der Waals surface area contributed by atoms with Gasteiger partial charge in [0, 0.05) is 13.1 Å². The van der Waals surface area contributed by atoms with Gasteiger partial charge >= 0.3 is 6.09 Å². The highest BCUT2D eigenvalue weighted by atomic mass is 16.6. The lowest BCUT2D eigenvalue weighted by molar-refractivity contribution is 0.0272. The normalized spacial score (nSPS) is 25.9. The molecule has 1 atom stereocenters. The molecule has 1 fully saturated rings. The van der Waals surface area contributed by atoms with Crippen LogP contribution in [0.25, 0.3) is 0 Å². The minimum Gasteiger partial charge on any atom is -0.444 e. The van der Waals surface area contributed by atoms with Crippen molar-refractivity contribution in [1.29, 1.82) is 0 Å². The van der Waals surface area contributed by atoms with E-state index in [9.17, 15) is 9.90 Å². The van der Waals surface area contributed by atoms with Gasteiger partial charge in [-0.2, -0.15) is 0 Å². The van der Waals surface area contributed by atoms with Crippen LogP contribution >= 0.6 is 0 Å². The van der Waals surface area contributed by atoms with Crippen molar-refractivity contribution >= 4 is 6.09 Å². The maximum Gasteiger partial charge on any atom is 0.410 e. The zero-order valence-electron chi connectivity index (χ0n) is 10.5. The van der Waals surface area contributed by atoms with Gasteiger partial charge < -0.3 is 20.1 Å². The van der Waals surface area contributed by atoms with E-state index in [0.29, 0.717) is 13.1 Å². The summed E-state index contributed by atoms with van der Waals surface area (Å²) in [5.41, 5.74) is -0.835. The van der Waals surface area contributed by atoms with Crippen LogP contribution in [0.5, 0.6) is 0 Å². The first-order valence-corrected chi connectivity index (χ1v) is 5.60. The van der Waals surface area contributed by atoms with E-state index in [-0.39, 0.29) is 18.2 Å². The summed E-state index contributed by atoms with van der Waals surface area (Å²) in [6.07, 6.45) is 0.442. The van der Waals surface area contributed by atoms with Crippen LogP contribution in [0.2, 0.25) is 0 Å². The van der Waals surface area contributed by atoms with E-state index in [1.54, 1.807) is 11.9 Å². The van der Waals surface area contributed by atoms with Crippen LogP contribution in [0, 0.1) is 0 Å². The third kappa shape index (κ3) is 3.09. The van der Waals surface area contributed by atoms with Gasteiger partial charge in [-0.05, 0) is 34.2 Å². The van der Waals surface area contributed by atoms with E-state index in [0.717, 1.165) is 6.42 Å². The molecule has 0 aliphatic carbocycles. The molecule has 5 nitrogen and oxygen atoms in total. The molecule has 1 unspecified atom stereocenters. The Labute approximate surface area is 96.8 Å². The number of hydrogen-bond acceptors (Lipinski definition) is 4. The van der Waals surface area contributed by atoms with Crippen LogP contribution in [-0.4, -0.2) is 54.0 Å². The third-order valence-electron chi connectivity index (χ3n) is 2.84. The predicted molar refractivity (Wildman–Crippen MR) is 61.3 cm³/mol. The summed E-state index contributed by atoms with van der Waals surface area (Å²) in [5, 5.41) is 12.4. The van der Waals surface area contributed by atoms with Gasteiger partial charge in [-0.1, -0.05) is 0 Å². The highest BCUT2D eigenvalue weighted by molar-refractivity contribution is 5.68. The first kappa shape index (κ1) is 13.3. The quantitative estimate of drug-likeness (QED) is 0.728. The van der Waals surface area contributed by atoms with Crippen molar-refractivity contribution in [3.8, 4) is 0 Å². The zero-order valence-corrected chi connectivity index (χ0v) is 10.5. The molecular formula is C11H22N2O3. The summed E-state index contributed by atoms with van der Waals surface area (Å²) >= 11 is 0. The van der Waals surface area contributed by atoms with Crippen molar-refractivity contribution in [2.75, 3.05) is 26.7 Å². The Kier molecular flexibility index (Phi) is 3.80. The SMILES string of the molecule is CNC1(CO)CCN(C(=O)OC(C)(C)C)C1. The Bertz CT molecular complexity index is 256. The summed E-state index contributed by atoms with van der Waals surface area (Å²) in [5.74, 6) is 0. The molecule has 1 heterocycles. The summed E-state index contributed by atoms with van der Waals surface area (Å²) < 4.78 is 5.28. The van der Waals surface area contributed by atoms with Crippen LogP contribution < -0.4 is 5.32 Å². The third-order valence-corrected chi connectivity index (χ3v) is 2.84. The molecule has 5 heteroatoms. The predicted octanol–water partition coefficient (Wildman–Crippen LogP) is 0.578. The number of amides is 1.